The van der Waals surface area contributed by atoms with Crippen LogP contribution in [0.25, 0.3) is 10.9 Å². The lowest BCUT2D eigenvalue weighted by Gasteiger charge is -2.26. The van der Waals surface area contributed by atoms with Gasteiger partial charge < -0.3 is 15.0 Å². The van der Waals surface area contributed by atoms with Crippen molar-refractivity contribution in [1.82, 2.24) is 10.3 Å². The van der Waals surface area contributed by atoms with Crippen molar-refractivity contribution in [1.29, 1.82) is 0 Å². The fourth-order valence-corrected chi connectivity index (χ4v) is 3.69. The van der Waals surface area contributed by atoms with Gasteiger partial charge in [-0.3, -0.25) is 0 Å². The smallest absolute Gasteiger partial charge is 0.124 e. The van der Waals surface area contributed by atoms with Crippen LogP contribution in [0.1, 0.15) is 35.3 Å². The first-order valence-electron chi connectivity index (χ1n) is 8.41. The number of hydrogen-bond acceptors (Lipinski definition) is 2. The van der Waals surface area contributed by atoms with Crippen molar-refractivity contribution in [2.45, 2.75) is 25.8 Å². The lowest BCUT2D eigenvalue weighted by Crippen LogP contribution is -2.30. The van der Waals surface area contributed by atoms with Crippen molar-refractivity contribution < 1.29 is 9.13 Å². The first kappa shape index (κ1) is 15.2. The molecule has 4 rings (SSSR count). The molecule has 4 heteroatoms. The second kappa shape index (κ2) is 5.95. The number of fused-ring (bicyclic) bond motifs is 3. The van der Waals surface area contributed by atoms with Crippen LogP contribution < -0.4 is 10.1 Å². The van der Waals surface area contributed by atoms with Crippen molar-refractivity contribution >= 4 is 10.9 Å². The van der Waals surface area contributed by atoms with Gasteiger partial charge in [-0.2, -0.15) is 0 Å². The monoisotopic (exact) mass is 324 g/mol. The summed E-state index contributed by atoms with van der Waals surface area (Å²) in [5, 5.41) is 4.58. The molecule has 1 aliphatic rings. The Balaban J connectivity index is 1.89. The molecule has 3 nitrogen and oxygen atoms in total. The van der Waals surface area contributed by atoms with Crippen LogP contribution in [0.2, 0.25) is 0 Å². The van der Waals surface area contributed by atoms with Crippen molar-refractivity contribution in [3.8, 4) is 5.75 Å². The molecule has 0 radical (unpaired) electrons. The molecule has 1 atom stereocenters. The lowest BCUT2D eigenvalue weighted by molar-refractivity contribution is 0.401. The third kappa shape index (κ3) is 2.38. The summed E-state index contributed by atoms with van der Waals surface area (Å²) < 4.78 is 19.3. The summed E-state index contributed by atoms with van der Waals surface area (Å²) in [7, 11) is 1.70. The minimum absolute atomic E-state index is 0.0330. The molecule has 3 aromatic rings. The SMILES string of the molecule is CCc1ccc(OC)c(C2NCCc3c2[nH]c2ccc(F)cc32)c1. The van der Waals surface area contributed by atoms with E-state index in [0.717, 1.165) is 47.3 Å². The highest BCUT2D eigenvalue weighted by Crippen LogP contribution is 2.37. The van der Waals surface area contributed by atoms with E-state index in [9.17, 15) is 4.39 Å². The number of aromatic amines is 1. The number of methoxy groups -OCH3 is 1. The summed E-state index contributed by atoms with van der Waals surface area (Å²) >= 11 is 0. The molecular weight excluding hydrogens is 303 g/mol. The van der Waals surface area contributed by atoms with E-state index >= 15 is 0 Å². The van der Waals surface area contributed by atoms with Crippen LogP contribution >= 0.6 is 0 Å². The third-order valence-electron chi connectivity index (χ3n) is 4.93. The van der Waals surface area contributed by atoms with Crippen LogP contribution in [0.3, 0.4) is 0 Å². The minimum Gasteiger partial charge on any atom is -0.496 e. The predicted molar refractivity (Wildman–Crippen MR) is 94.2 cm³/mol. The average Bonchev–Trinajstić information content (AvgIpc) is 2.99. The Bertz CT molecular complexity index is 900. The highest BCUT2D eigenvalue weighted by Gasteiger charge is 2.27. The van der Waals surface area contributed by atoms with E-state index in [1.54, 1.807) is 13.2 Å². The number of benzene rings is 2. The summed E-state index contributed by atoms with van der Waals surface area (Å²) in [5.41, 5.74) is 5.72. The van der Waals surface area contributed by atoms with E-state index in [2.05, 4.69) is 29.4 Å². The molecule has 1 aromatic heterocycles. The number of hydrogen-bond donors (Lipinski definition) is 2. The zero-order valence-electron chi connectivity index (χ0n) is 13.9. The standard InChI is InChI=1S/C20H21FN2O/c1-3-12-4-7-18(24-2)16(10-12)19-20-14(8-9-22-19)15-11-13(21)5-6-17(15)23-20/h4-7,10-11,19,22-23H,3,8-9H2,1-2H3. The number of rotatable bonds is 3. The largest absolute Gasteiger partial charge is 0.496 e. The molecule has 124 valence electrons. The predicted octanol–water partition coefficient (Wildman–Crippen LogP) is 4.11. The maximum Gasteiger partial charge on any atom is 0.124 e. The second-order valence-corrected chi connectivity index (χ2v) is 6.27. The molecule has 0 saturated carbocycles. The first-order chi connectivity index (χ1) is 11.7. The van der Waals surface area contributed by atoms with Crippen molar-refractivity contribution in [2.75, 3.05) is 13.7 Å². The van der Waals surface area contributed by atoms with Crippen molar-refractivity contribution in [2.24, 2.45) is 0 Å². The second-order valence-electron chi connectivity index (χ2n) is 6.27. The van der Waals surface area contributed by atoms with Gasteiger partial charge in [0.2, 0.25) is 0 Å². The van der Waals surface area contributed by atoms with Crippen molar-refractivity contribution in [3.05, 3.63) is 64.6 Å². The van der Waals surface area contributed by atoms with Crippen LogP contribution in [0.4, 0.5) is 4.39 Å². The molecule has 0 saturated heterocycles. The summed E-state index contributed by atoms with van der Waals surface area (Å²) in [5.74, 6) is 0.687. The Labute approximate surface area is 140 Å². The molecule has 0 aliphatic carbocycles. The normalized spacial score (nSPS) is 17.0. The van der Waals surface area contributed by atoms with E-state index in [1.165, 1.54) is 17.2 Å². The topological polar surface area (TPSA) is 37.0 Å². The van der Waals surface area contributed by atoms with E-state index in [-0.39, 0.29) is 11.9 Å². The van der Waals surface area contributed by atoms with Crippen LogP contribution in [0, 0.1) is 5.82 Å². The van der Waals surface area contributed by atoms with E-state index in [0.29, 0.717) is 0 Å². The fraction of sp³-hybridized carbons (Fsp3) is 0.300. The van der Waals surface area contributed by atoms with Gasteiger partial charge in [0.05, 0.1) is 13.2 Å². The number of ether oxygens (including phenoxy) is 1. The van der Waals surface area contributed by atoms with Gasteiger partial charge in [0.1, 0.15) is 11.6 Å². The number of H-pyrrole nitrogens is 1. The molecule has 0 amide bonds. The molecule has 24 heavy (non-hydrogen) atoms. The maximum atomic E-state index is 13.7. The van der Waals surface area contributed by atoms with E-state index in [1.807, 2.05) is 12.1 Å². The molecule has 2 heterocycles. The zero-order valence-corrected chi connectivity index (χ0v) is 13.9. The Kier molecular flexibility index (Phi) is 3.77. The summed E-state index contributed by atoms with van der Waals surface area (Å²) in [4.78, 5) is 3.50. The quantitative estimate of drug-likeness (QED) is 0.760. The zero-order chi connectivity index (χ0) is 16.7. The van der Waals surface area contributed by atoms with Gasteiger partial charge in [-0.15, -0.1) is 0 Å². The summed E-state index contributed by atoms with van der Waals surface area (Å²) in [6.07, 6.45) is 1.87. The van der Waals surface area contributed by atoms with Gasteiger partial charge in [0.25, 0.3) is 0 Å². The average molecular weight is 324 g/mol. The molecule has 1 aliphatic heterocycles. The summed E-state index contributed by atoms with van der Waals surface area (Å²) in [6, 6.07) is 11.3. The van der Waals surface area contributed by atoms with E-state index in [4.69, 9.17) is 4.74 Å². The lowest BCUT2D eigenvalue weighted by atomic mass is 9.92. The maximum absolute atomic E-state index is 13.7. The Morgan fingerprint density at radius 3 is 2.88 bits per heavy atom. The highest BCUT2D eigenvalue weighted by molar-refractivity contribution is 5.85. The van der Waals surface area contributed by atoms with Crippen LogP contribution in [-0.4, -0.2) is 18.6 Å². The molecular formula is C20H21FN2O. The van der Waals surface area contributed by atoms with Gasteiger partial charge >= 0.3 is 0 Å². The molecule has 0 spiro atoms. The van der Waals surface area contributed by atoms with Crippen molar-refractivity contribution in [3.63, 3.8) is 0 Å². The van der Waals surface area contributed by atoms with Gasteiger partial charge in [-0.1, -0.05) is 19.1 Å². The summed E-state index contributed by atoms with van der Waals surface area (Å²) in [6.45, 7) is 3.01. The van der Waals surface area contributed by atoms with Gasteiger partial charge in [0.15, 0.2) is 0 Å². The minimum atomic E-state index is -0.190. The van der Waals surface area contributed by atoms with Gasteiger partial charge in [-0.25, -0.2) is 4.39 Å². The Morgan fingerprint density at radius 1 is 1.21 bits per heavy atom. The van der Waals surface area contributed by atoms with Crippen LogP contribution in [0.5, 0.6) is 5.75 Å². The molecule has 0 bridgehead atoms. The molecule has 2 N–H and O–H groups in total. The first-order valence-corrected chi connectivity index (χ1v) is 8.41. The van der Waals surface area contributed by atoms with E-state index < -0.39 is 0 Å². The Hall–Kier alpha value is -2.33. The number of aryl methyl sites for hydroxylation is 1. The molecule has 1 unspecified atom stereocenters. The molecule has 2 aromatic carbocycles. The Morgan fingerprint density at radius 2 is 2.08 bits per heavy atom. The van der Waals surface area contributed by atoms with Crippen LogP contribution in [0.15, 0.2) is 36.4 Å². The molecule has 0 fully saturated rings. The third-order valence-corrected chi connectivity index (χ3v) is 4.93. The fourth-order valence-electron chi connectivity index (χ4n) is 3.69. The number of halogens is 1. The number of aromatic nitrogens is 1. The number of nitrogens with one attached hydrogen (secondary N) is 2. The van der Waals surface area contributed by atoms with Crippen LogP contribution in [-0.2, 0) is 12.8 Å². The van der Waals surface area contributed by atoms with Gasteiger partial charge in [-0.05, 0) is 48.2 Å². The highest BCUT2D eigenvalue weighted by atomic mass is 19.1. The van der Waals surface area contributed by atoms with Gasteiger partial charge in [0, 0.05) is 28.7 Å².